The molecule has 22 heavy (non-hydrogen) atoms. The van der Waals surface area contributed by atoms with Gasteiger partial charge in [0.05, 0.1) is 5.56 Å². The lowest BCUT2D eigenvalue weighted by Crippen LogP contribution is -2.36. The highest BCUT2D eigenvalue weighted by Crippen LogP contribution is 2.23. The number of aryl methyl sites for hydroxylation is 1. The number of aromatic amines is 1. The fraction of sp³-hybridized carbons (Fsp3) is 0.389. The highest BCUT2D eigenvalue weighted by Gasteiger charge is 2.19. The van der Waals surface area contributed by atoms with Crippen LogP contribution in [-0.4, -0.2) is 16.9 Å². The molecule has 2 aromatic rings. The van der Waals surface area contributed by atoms with Gasteiger partial charge in [0.2, 0.25) is 0 Å². The zero-order valence-corrected chi connectivity index (χ0v) is 12.8. The Kier molecular flexibility index (Phi) is 4.27. The zero-order chi connectivity index (χ0) is 15.5. The number of carbonyl (C=O) groups is 1. The van der Waals surface area contributed by atoms with E-state index in [1.165, 1.54) is 31.4 Å². The molecular formula is C18H21FN2O. The average Bonchev–Trinajstić information content (AvgIpc) is 2.91. The third kappa shape index (κ3) is 3.21. The van der Waals surface area contributed by atoms with Crippen LogP contribution in [0.15, 0.2) is 30.3 Å². The van der Waals surface area contributed by atoms with Crippen LogP contribution in [0.4, 0.5) is 4.39 Å². The number of H-pyrrole nitrogens is 1. The maximum Gasteiger partial charge on any atom is 0.253 e. The van der Waals surface area contributed by atoms with E-state index in [9.17, 15) is 9.18 Å². The quantitative estimate of drug-likeness (QED) is 0.877. The fourth-order valence-electron chi connectivity index (χ4n) is 3.09. The third-order valence-electron chi connectivity index (χ3n) is 4.36. The van der Waals surface area contributed by atoms with Crippen LogP contribution in [0.3, 0.4) is 0 Å². The summed E-state index contributed by atoms with van der Waals surface area (Å²) in [4.78, 5) is 15.7. The van der Waals surface area contributed by atoms with E-state index in [2.05, 4.69) is 10.3 Å². The SMILES string of the molecule is Cc1[nH]c(-c2ccc(F)cc2)cc1C(=O)NC1CCCCC1. The van der Waals surface area contributed by atoms with E-state index in [1.807, 2.05) is 13.0 Å². The van der Waals surface area contributed by atoms with Crippen LogP contribution >= 0.6 is 0 Å². The summed E-state index contributed by atoms with van der Waals surface area (Å²) >= 11 is 0. The molecular weight excluding hydrogens is 279 g/mol. The Morgan fingerprint density at radius 3 is 2.55 bits per heavy atom. The molecule has 0 atom stereocenters. The van der Waals surface area contributed by atoms with Crippen molar-refractivity contribution in [1.82, 2.24) is 10.3 Å². The monoisotopic (exact) mass is 300 g/mol. The molecule has 1 fully saturated rings. The molecule has 0 spiro atoms. The molecule has 2 N–H and O–H groups in total. The molecule has 0 saturated heterocycles. The zero-order valence-electron chi connectivity index (χ0n) is 12.8. The standard InChI is InChI=1S/C18H21FN2O/c1-12-16(18(22)21-15-5-3-2-4-6-15)11-17(20-12)13-7-9-14(19)10-8-13/h7-11,15,20H,2-6H2,1H3,(H,21,22). The van der Waals surface area contributed by atoms with Crippen LogP contribution in [0.1, 0.15) is 48.2 Å². The number of amides is 1. The summed E-state index contributed by atoms with van der Waals surface area (Å²) in [6.07, 6.45) is 5.79. The summed E-state index contributed by atoms with van der Waals surface area (Å²) in [5.74, 6) is -0.281. The van der Waals surface area contributed by atoms with Crippen LogP contribution in [0.5, 0.6) is 0 Å². The molecule has 4 heteroatoms. The van der Waals surface area contributed by atoms with Crippen molar-refractivity contribution in [2.45, 2.75) is 45.1 Å². The minimum absolute atomic E-state index is 0.0194. The van der Waals surface area contributed by atoms with E-state index >= 15 is 0 Å². The van der Waals surface area contributed by atoms with Gasteiger partial charge in [0, 0.05) is 17.4 Å². The molecule has 1 saturated carbocycles. The lowest BCUT2D eigenvalue weighted by atomic mass is 9.95. The highest BCUT2D eigenvalue weighted by molar-refractivity contribution is 5.97. The van der Waals surface area contributed by atoms with Gasteiger partial charge in [-0.1, -0.05) is 19.3 Å². The Bertz CT molecular complexity index is 654. The van der Waals surface area contributed by atoms with Crippen LogP contribution in [0.2, 0.25) is 0 Å². The van der Waals surface area contributed by atoms with Gasteiger partial charge in [0.1, 0.15) is 5.82 Å². The first-order valence-electron chi connectivity index (χ1n) is 7.90. The first kappa shape index (κ1) is 14.8. The van der Waals surface area contributed by atoms with Gasteiger partial charge in [-0.3, -0.25) is 4.79 Å². The summed E-state index contributed by atoms with van der Waals surface area (Å²) in [5, 5.41) is 3.13. The molecule has 1 aliphatic rings. The van der Waals surface area contributed by atoms with Gasteiger partial charge in [-0.05, 0) is 55.7 Å². The molecule has 3 rings (SSSR count). The lowest BCUT2D eigenvalue weighted by molar-refractivity contribution is 0.0927. The van der Waals surface area contributed by atoms with Gasteiger partial charge in [-0.2, -0.15) is 0 Å². The average molecular weight is 300 g/mol. The second kappa shape index (κ2) is 6.34. The predicted octanol–water partition coefficient (Wildman–Crippen LogP) is 4.19. The molecule has 116 valence electrons. The summed E-state index contributed by atoms with van der Waals surface area (Å²) in [6, 6.07) is 8.42. The second-order valence-electron chi connectivity index (χ2n) is 6.04. The van der Waals surface area contributed by atoms with Crippen LogP contribution < -0.4 is 5.32 Å². The molecule has 1 aromatic carbocycles. The minimum atomic E-state index is -0.262. The van der Waals surface area contributed by atoms with Crippen molar-refractivity contribution in [3.8, 4) is 11.3 Å². The molecule has 3 nitrogen and oxygen atoms in total. The van der Waals surface area contributed by atoms with Gasteiger partial charge >= 0.3 is 0 Å². The molecule has 0 aliphatic heterocycles. The number of carbonyl (C=O) groups excluding carboxylic acids is 1. The summed E-state index contributed by atoms with van der Waals surface area (Å²) in [6.45, 7) is 1.89. The fourth-order valence-corrected chi connectivity index (χ4v) is 3.09. The Labute approximate surface area is 129 Å². The number of hydrogen-bond acceptors (Lipinski definition) is 1. The third-order valence-corrected chi connectivity index (χ3v) is 4.36. The van der Waals surface area contributed by atoms with E-state index in [0.29, 0.717) is 11.6 Å². The molecule has 1 aromatic heterocycles. The normalized spacial score (nSPS) is 15.7. The summed E-state index contributed by atoms with van der Waals surface area (Å²) in [5.41, 5.74) is 3.23. The molecule has 1 heterocycles. The van der Waals surface area contributed by atoms with E-state index in [1.54, 1.807) is 12.1 Å². The van der Waals surface area contributed by atoms with Crippen molar-refractivity contribution in [3.63, 3.8) is 0 Å². The number of halogens is 1. The smallest absolute Gasteiger partial charge is 0.253 e. The van der Waals surface area contributed by atoms with Crippen LogP contribution in [0.25, 0.3) is 11.3 Å². The summed E-state index contributed by atoms with van der Waals surface area (Å²) in [7, 11) is 0. The second-order valence-corrected chi connectivity index (χ2v) is 6.04. The molecule has 0 unspecified atom stereocenters. The van der Waals surface area contributed by atoms with Crippen LogP contribution in [-0.2, 0) is 0 Å². The maximum atomic E-state index is 13.0. The number of rotatable bonds is 3. The van der Waals surface area contributed by atoms with E-state index < -0.39 is 0 Å². The van der Waals surface area contributed by atoms with Gasteiger partial charge in [-0.25, -0.2) is 4.39 Å². The van der Waals surface area contributed by atoms with E-state index in [4.69, 9.17) is 0 Å². The summed E-state index contributed by atoms with van der Waals surface area (Å²) < 4.78 is 13.0. The van der Waals surface area contributed by atoms with Gasteiger partial charge < -0.3 is 10.3 Å². The first-order valence-corrected chi connectivity index (χ1v) is 7.90. The number of hydrogen-bond donors (Lipinski definition) is 2. The van der Waals surface area contributed by atoms with Crippen molar-refractivity contribution in [2.75, 3.05) is 0 Å². The van der Waals surface area contributed by atoms with Crippen molar-refractivity contribution in [1.29, 1.82) is 0 Å². The van der Waals surface area contributed by atoms with E-state index in [-0.39, 0.29) is 11.7 Å². The highest BCUT2D eigenvalue weighted by atomic mass is 19.1. The number of nitrogens with one attached hydrogen (secondary N) is 2. The Hall–Kier alpha value is -2.10. The molecule has 1 aliphatic carbocycles. The number of aromatic nitrogens is 1. The van der Waals surface area contributed by atoms with Gasteiger partial charge in [-0.15, -0.1) is 0 Å². The predicted molar refractivity (Wildman–Crippen MR) is 85.3 cm³/mol. The first-order chi connectivity index (χ1) is 10.6. The number of benzene rings is 1. The van der Waals surface area contributed by atoms with Crippen LogP contribution in [0, 0.1) is 12.7 Å². The molecule has 1 amide bonds. The topological polar surface area (TPSA) is 44.9 Å². The van der Waals surface area contributed by atoms with Gasteiger partial charge in [0.15, 0.2) is 0 Å². The largest absolute Gasteiger partial charge is 0.358 e. The Morgan fingerprint density at radius 2 is 1.86 bits per heavy atom. The van der Waals surface area contributed by atoms with E-state index in [0.717, 1.165) is 29.8 Å². The maximum absolute atomic E-state index is 13.0. The van der Waals surface area contributed by atoms with Crippen molar-refractivity contribution in [2.24, 2.45) is 0 Å². The lowest BCUT2D eigenvalue weighted by Gasteiger charge is -2.22. The Morgan fingerprint density at radius 1 is 1.18 bits per heavy atom. The minimum Gasteiger partial charge on any atom is -0.358 e. The Balaban J connectivity index is 1.76. The van der Waals surface area contributed by atoms with Crippen molar-refractivity contribution >= 4 is 5.91 Å². The molecule has 0 radical (unpaired) electrons. The van der Waals surface area contributed by atoms with Gasteiger partial charge in [0.25, 0.3) is 5.91 Å². The van der Waals surface area contributed by atoms with Crippen molar-refractivity contribution in [3.05, 3.63) is 47.4 Å². The van der Waals surface area contributed by atoms with Crippen molar-refractivity contribution < 1.29 is 9.18 Å². The molecule has 0 bridgehead atoms.